The van der Waals surface area contributed by atoms with Crippen molar-refractivity contribution in [2.45, 2.75) is 46.6 Å². The van der Waals surface area contributed by atoms with E-state index in [0.717, 1.165) is 12.8 Å². The largest absolute Gasteiger partial charge is 0.396 e. The molecule has 1 aliphatic rings. The van der Waals surface area contributed by atoms with Crippen molar-refractivity contribution in [3.8, 4) is 0 Å². The Bertz CT molecular complexity index is 336. The van der Waals surface area contributed by atoms with Crippen LogP contribution in [0.5, 0.6) is 0 Å². The molecule has 1 saturated heterocycles. The Balaban J connectivity index is 2.41. The molecule has 0 aromatic heterocycles. The number of likely N-dealkylation sites (tertiary alicyclic amines) is 1. The normalized spacial score (nSPS) is 19.8. The van der Waals surface area contributed by atoms with E-state index in [-0.39, 0.29) is 42.2 Å². The number of piperidine rings is 1. The monoisotopic (exact) mass is 284 g/mol. The summed E-state index contributed by atoms with van der Waals surface area (Å²) in [4.78, 5) is 25.9. The highest BCUT2D eigenvalue weighted by Gasteiger charge is 2.29. The molecule has 0 spiro atoms. The number of hydrogen-bond acceptors (Lipinski definition) is 3. The molecule has 0 bridgehead atoms. The van der Waals surface area contributed by atoms with Crippen LogP contribution < -0.4 is 5.32 Å². The fourth-order valence-electron chi connectivity index (χ4n) is 2.37. The van der Waals surface area contributed by atoms with Crippen molar-refractivity contribution in [2.24, 2.45) is 17.8 Å². The maximum Gasteiger partial charge on any atom is 0.225 e. The molecular formula is C15H28N2O3. The number of nitrogens with zero attached hydrogens (tertiary/aromatic N) is 1. The maximum absolute atomic E-state index is 12.1. The fraction of sp³-hybridized carbons (Fsp3) is 0.867. The molecule has 2 amide bonds. The van der Waals surface area contributed by atoms with E-state index in [2.05, 4.69) is 5.32 Å². The molecule has 1 rings (SSSR count). The first-order chi connectivity index (χ1) is 9.36. The van der Waals surface area contributed by atoms with Crippen molar-refractivity contribution in [1.82, 2.24) is 10.2 Å². The zero-order valence-electron chi connectivity index (χ0n) is 13.1. The van der Waals surface area contributed by atoms with Gasteiger partial charge in [0.2, 0.25) is 11.8 Å². The van der Waals surface area contributed by atoms with Gasteiger partial charge in [-0.3, -0.25) is 9.59 Å². The minimum atomic E-state index is -0.0252. The number of hydrogen-bond donors (Lipinski definition) is 2. The van der Waals surface area contributed by atoms with Crippen LogP contribution in [0, 0.1) is 17.8 Å². The summed E-state index contributed by atoms with van der Waals surface area (Å²) in [7, 11) is 0. The first kappa shape index (κ1) is 17.0. The van der Waals surface area contributed by atoms with Crippen LogP contribution in [-0.4, -0.2) is 47.6 Å². The third-order valence-corrected chi connectivity index (χ3v) is 4.18. The van der Waals surface area contributed by atoms with Crippen LogP contribution in [-0.2, 0) is 9.59 Å². The van der Waals surface area contributed by atoms with Crippen LogP contribution in [0.1, 0.15) is 40.5 Å². The summed E-state index contributed by atoms with van der Waals surface area (Å²) >= 11 is 0. The Kier molecular flexibility index (Phi) is 6.46. The minimum Gasteiger partial charge on any atom is -0.396 e. The van der Waals surface area contributed by atoms with Crippen LogP contribution in [0.25, 0.3) is 0 Å². The van der Waals surface area contributed by atoms with Gasteiger partial charge in [0.1, 0.15) is 0 Å². The first-order valence-corrected chi connectivity index (χ1v) is 7.56. The Morgan fingerprint density at radius 1 is 1.20 bits per heavy atom. The Labute approximate surface area is 121 Å². The van der Waals surface area contributed by atoms with E-state index >= 15 is 0 Å². The van der Waals surface area contributed by atoms with Crippen molar-refractivity contribution in [2.75, 3.05) is 19.7 Å². The molecule has 1 heterocycles. The van der Waals surface area contributed by atoms with Crippen LogP contribution in [0.4, 0.5) is 0 Å². The van der Waals surface area contributed by atoms with Gasteiger partial charge >= 0.3 is 0 Å². The van der Waals surface area contributed by atoms with Crippen LogP contribution >= 0.6 is 0 Å². The molecule has 0 radical (unpaired) electrons. The van der Waals surface area contributed by atoms with Crippen LogP contribution in [0.15, 0.2) is 0 Å². The standard InChI is InChI=1S/C15H28N2O3/c1-10(2)15(20)17-7-5-13(6-8-17)14(19)16-12(4)11(3)9-18/h10-13,18H,5-9H2,1-4H3,(H,16,19). The van der Waals surface area contributed by atoms with Crippen LogP contribution in [0.3, 0.4) is 0 Å². The topological polar surface area (TPSA) is 69.6 Å². The molecule has 0 saturated carbocycles. The molecular weight excluding hydrogens is 256 g/mol. The van der Waals surface area contributed by atoms with E-state index in [1.807, 2.05) is 32.6 Å². The van der Waals surface area contributed by atoms with E-state index in [9.17, 15) is 9.59 Å². The lowest BCUT2D eigenvalue weighted by Gasteiger charge is -2.33. The second kappa shape index (κ2) is 7.62. The number of aliphatic hydroxyl groups is 1. The number of carbonyl (C=O) groups is 2. The number of amides is 2. The Morgan fingerprint density at radius 3 is 2.20 bits per heavy atom. The zero-order valence-corrected chi connectivity index (χ0v) is 13.1. The van der Waals surface area contributed by atoms with Gasteiger partial charge in [-0.1, -0.05) is 20.8 Å². The van der Waals surface area contributed by atoms with Gasteiger partial charge in [-0.25, -0.2) is 0 Å². The van der Waals surface area contributed by atoms with E-state index < -0.39 is 0 Å². The number of carbonyl (C=O) groups excluding carboxylic acids is 2. The Morgan fingerprint density at radius 2 is 1.75 bits per heavy atom. The van der Waals surface area contributed by atoms with Crippen molar-refractivity contribution in [3.05, 3.63) is 0 Å². The predicted molar refractivity (Wildman–Crippen MR) is 78.0 cm³/mol. The first-order valence-electron chi connectivity index (χ1n) is 7.56. The molecule has 1 fully saturated rings. The number of nitrogens with one attached hydrogen (secondary N) is 1. The summed E-state index contributed by atoms with van der Waals surface area (Å²) < 4.78 is 0. The van der Waals surface area contributed by atoms with Crippen molar-refractivity contribution in [1.29, 1.82) is 0 Å². The molecule has 2 atom stereocenters. The lowest BCUT2D eigenvalue weighted by molar-refractivity contribution is -0.138. The third-order valence-electron chi connectivity index (χ3n) is 4.18. The van der Waals surface area contributed by atoms with Crippen molar-refractivity contribution < 1.29 is 14.7 Å². The average molecular weight is 284 g/mol. The fourth-order valence-corrected chi connectivity index (χ4v) is 2.37. The summed E-state index contributed by atoms with van der Waals surface area (Å²) in [5, 5.41) is 12.0. The highest BCUT2D eigenvalue weighted by atomic mass is 16.3. The summed E-state index contributed by atoms with van der Waals surface area (Å²) in [5.41, 5.74) is 0. The summed E-state index contributed by atoms with van der Waals surface area (Å²) in [5.74, 6) is 0.285. The molecule has 0 aromatic carbocycles. The second-order valence-corrected chi connectivity index (χ2v) is 6.21. The molecule has 1 aliphatic heterocycles. The van der Waals surface area contributed by atoms with Crippen molar-refractivity contribution in [3.63, 3.8) is 0 Å². The second-order valence-electron chi connectivity index (χ2n) is 6.21. The summed E-state index contributed by atoms with van der Waals surface area (Å²) in [6.45, 7) is 9.03. The predicted octanol–water partition coefficient (Wildman–Crippen LogP) is 1.01. The SMILES string of the molecule is CC(C)C(=O)N1CCC(C(=O)NC(C)C(C)CO)CC1. The zero-order chi connectivity index (χ0) is 15.3. The van der Waals surface area contributed by atoms with Crippen molar-refractivity contribution >= 4 is 11.8 Å². The number of aliphatic hydroxyl groups excluding tert-OH is 1. The smallest absolute Gasteiger partial charge is 0.225 e. The van der Waals surface area contributed by atoms with E-state index in [1.54, 1.807) is 0 Å². The lowest BCUT2D eigenvalue weighted by Crippen LogP contribution is -2.47. The van der Waals surface area contributed by atoms with Gasteiger partial charge in [0, 0.05) is 37.6 Å². The minimum absolute atomic E-state index is 0.0143. The van der Waals surface area contributed by atoms with Gasteiger partial charge in [0.25, 0.3) is 0 Å². The maximum atomic E-state index is 12.1. The van der Waals surface area contributed by atoms with E-state index in [1.165, 1.54) is 0 Å². The Hall–Kier alpha value is -1.10. The van der Waals surface area contributed by atoms with Gasteiger partial charge in [-0.15, -0.1) is 0 Å². The molecule has 5 heteroatoms. The molecule has 0 aliphatic carbocycles. The van der Waals surface area contributed by atoms with Crippen LogP contribution in [0.2, 0.25) is 0 Å². The quantitative estimate of drug-likeness (QED) is 0.792. The average Bonchev–Trinajstić information content (AvgIpc) is 2.45. The summed E-state index contributed by atoms with van der Waals surface area (Å²) in [6.07, 6.45) is 1.45. The molecule has 116 valence electrons. The van der Waals surface area contributed by atoms with Gasteiger partial charge < -0.3 is 15.3 Å². The van der Waals surface area contributed by atoms with Gasteiger partial charge in [0.05, 0.1) is 0 Å². The van der Waals surface area contributed by atoms with Gasteiger partial charge in [-0.2, -0.15) is 0 Å². The third kappa shape index (κ3) is 4.47. The molecule has 5 nitrogen and oxygen atoms in total. The van der Waals surface area contributed by atoms with Gasteiger partial charge in [-0.05, 0) is 25.7 Å². The van der Waals surface area contributed by atoms with Gasteiger partial charge in [0.15, 0.2) is 0 Å². The molecule has 20 heavy (non-hydrogen) atoms. The highest BCUT2D eigenvalue weighted by Crippen LogP contribution is 2.19. The van der Waals surface area contributed by atoms with E-state index in [4.69, 9.17) is 5.11 Å². The molecule has 0 aromatic rings. The lowest BCUT2D eigenvalue weighted by atomic mass is 9.94. The molecule has 2 unspecified atom stereocenters. The van der Waals surface area contributed by atoms with E-state index in [0.29, 0.717) is 13.1 Å². The highest BCUT2D eigenvalue weighted by molar-refractivity contribution is 5.80. The summed E-state index contributed by atoms with van der Waals surface area (Å²) in [6, 6.07) is -0.0252. The molecule has 2 N–H and O–H groups in total. The number of rotatable bonds is 5.